The number of pyridine rings is 1. The Hall–Kier alpha value is -3.79. The predicted octanol–water partition coefficient (Wildman–Crippen LogP) is 4.80. The van der Waals surface area contributed by atoms with Gasteiger partial charge in [0, 0.05) is 22.5 Å². The van der Waals surface area contributed by atoms with Gasteiger partial charge in [-0.05, 0) is 41.8 Å². The van der Waals surface area contributed by atoms with Gasteiger partial charge in [0.15, 0.2) is 0 Å². The van der Waals surface area contributed by atoms with E-state index >= 15 is 0 Å². The average Bonchev–Trinajstić information content (AvgIpc) is 3.17. The van der Waals surface area contributed by atoms with Crippen molar-refractivity contribution in [3.05, 3.63) is 103 Å². The second kappa shape index (κ2) is 6.18. The summed E-state index contributed by atoms with van der Waals surface area (Å²) < 4.78 is 1.87. The molecule has 0 amide bonds. The zero-order valence-corrected chi connectivity index (χ0v) is 14.4. The first-order chi connectivity index (χ1) is 13.3. The highest BCUT2D eigenvalue weighted by atomic mass is 16.1. The molecule has 27 heavy (non-hydrogen) atoms. The van der Waals surface area contributed by atoms with Crippen molar-refractivity contribution in [3.63, 3.8) is 0 Å². The van der Waals surface area contributed by atoms with Crippen molar-refractivity contribution >= 4 is 27.5 Å². The van der Waals surface area contributed by atoms with Gasteiger partial charge in [-0.2, -0.15) is 5.10 Å². The summed E-state index contributed by atoms with van der Waals surface area (Å²) in [5, 5.41) is 7.27. The van der Waals surface area contributed by atoms with E-state index in [1.807, 2.05) is 83.5 Å². The number of nitrogens with zero attached hydrogens (tertiary/aromatic N) is 3. The van der Waals surface area contributed by atoms with Crippen LogP contribution in [-0.2, 0) is 0 Å². The minimum absolute atomic E-state index is 0.0823. The lowest BCUT2D eigenvalue weighted by molar-refractivity contribution is 0.103. The highest BCUT2D eigenvalue weighted by Gasteiger charge is 2.15. The van der Waals surface area contributed by atoms with E-state index in [2.05, 4.69) is 10.1 Å². The second-order valence-electron chi connectivity index (χ2n) is 6.38. The molecule has 128 valence electrons. The van der Waals surface area contributed by atoms with Crippen LogP contribution in [0.2, 0.25) is 0 Å². The number of ketones is 1. The predicted molar refractivity (Wildman–Crippen MR) is 106 cm³/mol. The molecule has 0 bridgehead atoms. The van der Waals surface area contributed by atoms with Gasteiger partial charge in [-0.25, -0.2) is 4.68 Å². The van der Waals surface area contributed by atoms with Gasteiger partial charge in [-0.3, -0.25) is 9.78 Å². The minimum Gasteiger partial charge on any atom is -0.287 e. The maximum Gasteiger partial charge on any atom is 0.211 e. The highest BCUT2D eigenvalue weighted by molar-refractivity contribution is 6.15. The highest BCUT2D eigenvalue weighted by Crippen LogP contribution is 2.23. The Bertz CT molecular complexity index is 1280. The monoisotopic (exact) mass is 349 g/mol. The summed E-state index contributed by atoms with van der Waals surface area (Å²) in [6, 6.07) is 25.3. The molecule has 0 saturated heterocycles. The quantitative estimate of drug-likeness (QED) is 0.439. The Morgan fingerprint density at radius 2 is 1.63 bits per heavy atom. The van der Waals surface area contributed by atoms with Gasteiger partial charge in [0.25, 0.3) is 0 Å². The Morgan fingerprint density at radius 3 is 2.52 bits per heavy atom. The van der Waals surface area contributed by atoms with Gasteiger partial charge in [-0.1, -0.05) is 42.5 Å². The Balaban J connectivity index is 1.60. The average molecular weight is 349 g/mol. The molecule has 4 heteroatoms. The van der Waals surface area contributed by atoms with Gasteiger partial charge >= 0.3 is 0 Å². The molecule has 0 aliphatic carbocycles. The summed E-state index contributed by atoms with van der Waals surface area (Å²) in [6.45, 7) is 0. The third-order valence-corrected chi connectivity index (χ3v) is 4.72. The van der Waals surface area contributed by atoms with Crippen molar-refractivity contribution in [1.29, 1.82) is 0 Å². The Morgan fingerprint density at radius 1 is 0.815 bits per heavy atom. The van der Waals surface area contributed by atoms with Gasteiger partial charge < -0.3 is 0 Å². The van der Waals surface area contributed by atoms with Crippen molar-refractivity contribution in [3.8, 4) is 5.69 Å². The molecule has 0 spiro atoms. The molecule has 0 atom stereocenters. The van der Waals surface area contributed by atoms with Gasteiger partial charge in [0.1, 0.15) is 5.69 Å². The molecule has 0 saturated carbocycles. The number of hydrogen-bond acceptors (Lipinski definition) is 3. The first-order valence-electron chi connectivity index (χ1n) is 8.73. The van der Waals surface area contributed by atoms with Crippen molar-refractivity contribution in [2.75, 3.05) is 0 Å². The lowest BCUT2D eigenvalue weighted by Crippen LogP contribution is -2.05. The van der Waals surface area contributed by atoms with Crippen molar-refractivity contribution in [2.24, 2.45) is 0 Å². The van der Waals surface area contributed by atoms with E-state index in [-0.39, 0.29) is 5.78 Å². The van der Waals surface area contributed by atoms with E-state index in [9.17, 15) is 4.79 Å². The molecule has 0 aliphatic heterocycles. The van der Waals surface area contributed by atoms with Crippen LogP contribution < -0.4 is 0 Å². The molecular weight excluding hydrogens is 334 g/mol. The molecule has 5 rings (SSSR count). The maximum absolute atomic E-state index is 13.1. The standard InChI is InChI=1S/C23H15N3O/c27-23(22-20-9-5-4-6-16(20)12-13-24-22)17-10-11-21-18(14-17)15-25-26(21)19-7-2-1-3-8-19/h1-15H. The zero-order valence-electron chi connectivity index (χ0n) is 14.4. The van der Waals surface area contributed by atoms with E-state index in [0.717, 1.165) is 27.4 Å². The number of para-hydroxylation sites is 1. The summed E-state index contributed by atoms with van der Waals surface area (Å²) in [4.78, 5) is 17.4. The molecule has 0 unspecified atom stereocenters. The Kier molecular flexibility index (Phi) is 3.54. The van der Waals surface area contributed by atoms with Crippen LogP contribution in [0.3, 0.4) is 0 Å². The van der Waals surface area contributed by atoms with Crippen LogP contribution in [0, 0.1) is 0 Å². The molecule has 5 aromatic rings. The van der Waals surface area contributed by atoms with Crippen LogP contribution in [0.4, 0.5) is 0 Å². The normalized spacial score (nSPS) is 11.1. The fourth-order valence-corrected chi connectivity index (χ4v) is 3.39. The summed E-state index contributed by atoms with van der Waals surface area (Å²) in [5.41, 5.74) is 3.03. The molecule has 0 N–H and O–H groups in total. The van der Waals surface area contributed by atoms with E-state index in [4.69, 9.17) is 0 Å². The minimum atomic E-state index is -0.0823. The summed E-state index contributed by atoms with van der Waals surface area (Å²) in [5.74, 6) is -0.0823. The lowest BCUT2D eigenvalue weighted by Gasteiger charge is -2.06. The number of carbonyl (C=O) groups excluding carboxylic acids is 1. The molecule has 0 radical (unpaired) electrons. The molecule has 2 heterocycles. The Labute approximate surface area is 155 Å². The van der Waals surface area contributed by atoms with Gasteiger partial charge in [-0.15, -0.1) is 0 Å². The number of aromatic nitrogens is 3. The smallest absolute Gasteiger partial charge is 0.211 e. The van der Waals surface area contributed by atoms with Crippen LogP contribution in [0.1, 0.15) is 16.1 Å². The van der Waals surface area contributed by atoms with Crippen molar-refractivity contribution < 1.29 is 4.79 Å². The van der Waals surface area contributed by atoms with Crippen molar-refractivity contribution in [2.45, 2.75) is 0 Å². The van der Waals surface area contributed by atoms with Crippen LogP contribution in [-0.4, -0.2) is 20.5 Å². The van der Waals surface area contributed by atoms with Crippen LogP contribution >= 0.6 is 0 Å². The van der Waals surface area contributed by atoms with Gasteiger partial charge in [0.2, 0.25) is 5.78 Å². The number of hydrogen-bond donors (Lipinski definition) is 0. The third-order valence-electron chi connectivity index (χ3n) is 4.72. The number of fused-ring (bicyclic) bond motifs is 2. The second-order valence-corrected chi connectivity index (χ2v) is 6.38. The van der Waals surface area contributed by atoms with E-state index in [1.165, 1.54) is 0 Å². The number of rotatable bonds is 3. The molecular formula is C23H15N3O. The number of benzene rings is 3. The lowest BCUT2D eigenvalue weighted by atomic mass is 10.0. The fourth-order valence-electron chi connectivity index (χ4n) is 3.39. The molecule has 0 aliphatic rings. The largest absolute Gasteiger partial charge is 0.287 e. The topological polar surface area (TPSA) is 47.8 Å². The van der Waals surface area contributed by atoms with E-state index < -0.39 is 0 Å². The van der Waals surface area contributed by atoms with Gasteiger partial charge in [0.05, 0.1) is 17.4 Å². The maximum atomic E-state index is 13.1. The zero-order chi connectivity index (χ0) is 18.2. The number of carbonyl (C=O) groups is 1. The summed E-state index contributed by atoms with van der Waals surface area (Å²) >= 11 is 0. The van der Waals surface area contributed by atoms with Crippen molar-refractivity contribution in [1.82, 2.24) is 14.8 Å². The molecule has 0 fully saturated rings. The summed E-state index contributed by atoms with van der Waals surface area (Å²) in [6.07, 6.45) is 3.47. The first kappa shape index (κ1) is 15.5. The van der Waals surface area contributed by atoms with E-state index in [1.54, 1.807) is 12.4 Å². The molecule has 3 aromatic carbocycles. The first-order valence-corrected chi connectivity index (χ1v) is 8.73. The van der Waals surface area contributed by atoms with Crippen LogP contribution in [0.25, 0.3) is 27.4 Å². The molecule has 2 aromatic heterocycles. The molecule has 4 nitrogen and oxygen atoms in total. The van der Waals surface area contributed by atoms with E-state index in [0.29, 0.717) is 11.3 Å². The SMILES string of the molecule is O=C(c1ccc2c(cnn2-c2ccccc2)c1)c1nccc2ccccc12. The fraction of sp³-hybridized carbons (Fsp3) is 0. The van der Waals surface area contributed by atoms with Crippen LogP contribution in [0.15, 0.2) is 91.3 Å². The summed E-state index contributed by atoms with van der Waals surface area (Å²) in [7, 11) is 0. The van der Waals surface area contributed by atoms with Crippen LogP contribution in [0.5, 0.6) is 0 Å². The third kappa shape index (κ3) is 2.59.